The topological polar surface area (TPSA) is 26.0 Å². The molecule has 0 radical (unpaired) electrons. The van der Waals surface area contributed by atoms with Crippen LogP contribution in [0.5, 0.6) is 0 Å². The van der Waals surface area contributed by atoms with Crippen LogP contribution in [0, 0.1) is 34.6 Å². The second-order valence-electron chi connectivity index (χ2n) is 8.56. The summed E-state index contributed by atoms with van der Waals surface area (Å²) in [5, 5.41) is 4.77. The van der Waals surface area contributed by atoms with E-state index in [-0.39, 0.29) is 14.9 Å². The average molecular weight is 637 g/mol. The normalized spacial score (nSPS) is 10.6. The van der Waals surface area contributed by atoms with Crippen molar-refractivity contribution >= 4 is 42.3 Å². The van der Waals surface area contributed by atoms with Crippen molar-refractivity contribution in [2.75, 3.05) is 0 Å². The Morgan fingerprint density at radius 2 is 1.61 bits per heavy atom. The van der Waals surface area contributed by atoms with Crippen molar-refractivity contribution in [3.05, 3.63) is 92.3 Å². The second kappa shape index (κ2) is 11.3. The van der Waals surface area contributed by atoms with Crippen LogP contribution in [0.1, 0.15) is 30.5 Å². The molecular weight excluding hydrogens is 606 g/mol. The van der Waals surface area contributed by atoms with Gasteiger partial charge < -0.3 is 19.3 Å². The molecule has 0 aliphatic heterocycles. The minimum absolute atomic E-state index is 0. The molecule has 174 valence electrons. The molecule has 0 amide bonds. The van der Waals surface area contributed by atoms with Crippen LogP contribution in [0.4, 0.5) is 0 Å². The Bertz CT molecular complexity index is 1390. The van der Waals surface area contributed by atoms with Crippen LogP contribution in [-0.4, -0.2) is 4.98 Å². The molecule has 5 rings (SSSR count). The van der Waals surface area contributed by atoms with E-state index in [2.05, 4.69) is 79.7 Å². The Kier molecular flexibility index (Phi) is 9.26. The predicted molar refractivity (Wildman–Crippen MR) is 141 cm³/mol. The van der Waals surface area contributed by atoms with Gasteiger partial charge in [0, 0.05) is 27.9 Å². The number of aromatic nitrogens is 1. The van der Waals surface area contributed by atoms with E-state index < -0.39 is 0 Å². The Morgan fingerprint density at radius 1 is 0.879 bits per heavy atom. The molecule has 5 aromatic rings. The molecule has 33 heavy (non-hydrogen) atoms. The fourth-order valence-electron chi connectivity index (χ4n) is 4.38. The van der Waals surface area contributed by atoms with Gasteiger partial charge in [-0.25, -0.2) is 0 Å². The summed E-state index contributed by atoms with van der Waals surface area (Å²) in [5.74, 6) is 0.640. The van der Waals surface area contributed by atoms with Gasteiger partial charge in [-0.2, -0.15) is 0 Å². The first kappa shape index (κ1) is 27.1. The third kappa shape index (κ3) is 5.16. The fraction of sp³-hybridized carbons (Fsp3) is 0.207. The summed E-state index contributed by atoms with van der Waals surface area (Å²) >= 11 is 1.47. The first-order valence-electron chi connectivity index (χ1n) is 10.4. The molecule has 4 heteroatoms. The van der Waals surface area contributed by atoms with Crippen LogP contribution >= 0.6 is 9.58 Å². The van der Waals surface area contributed by atoms with Gasteiger partial charge in [-0.3, -0.25) is 4.98 Å². The third-order valence-electron chi connectivity index (χ3n) is 5.67. The molecule has 2 heterocycles. The molecule has 0 saturated carbocycles. The average Bonchev–Trinajstić information content (AvgIpc) is 3.13. The van der Waals surface area contributed by atoms with Crippen LogP contribution in [0.2, 0.25) is 0 Å². The molecule has 0 fully saturated rings. The van der Waals surface area contributed by atoms with Crippen LogP contribution in [0.15, 0.2) is 65.2 Å². The van der Waals surface area contributed by atoms with Gasteiger partial charge in [-0.1, -0.05) is 50.2 Å². The number of pyridine rings is 1. The number of hydrogen-bond donors (Lipinski definition) is 0. The maximum atomic E-state index is 6.31. The molecule has 0 atom stereocenters. The summed E-state index contributed by atoms with van der Waals surface area (Å²) in [7, 11) is 4.64. The van der Waals surface area contributed by atoms with Gasteiger partial charge in [0.05, 0.1) is 5.69 Å². The van der Waals surface area contributed by atoms with E-state index in [1.165, 1.54) is 45.4 Å². The number of halogens is 1. The van der Waals surface area contributed by atoms with Crippen molar-refractivity contribution in [3.8, 4) is 11.3 Å². The third-order valence-corrected chi connectivity index (χ3v) is 5.67. The Hall–Kier alpha value is -2.19. The van der Waals surface area contributed by atoms with E-state index in [1.807, 2.05) is 18.3 Å². The molecule has 0 N–H and O–H groups in total. The van der Waals surface area contributed by atoms with Crippen LogP contribution < -0.4 is 0 Å². The SMILES string of the molecule is Cc1cc(-c2ncc(C)c3cc(CC(C)C)ccc23)c2oc3ccccc3c2c1.[CH3-].[CH3-].[Cl][Ir+2]. The monoisotopic (exact) mass is 637 g/mol. The molecule has 0 unspecified atom stereocenters. The van der Waals surface area contributed by atoms with E-state index in [1.54, 1.807) is 0 Å². The van der Waals surface area contributed by atoms with E-state index in [9.17, 15) is 0 Å². The Morgan fingerprint density at radius 3 is 2.33 bits per heavy atom. The molecule has 3 aromatic carbocycles. The number of furan rings is 1. The van der Waals surface area contributed by atoms with Crippen molar-refractivity contribution in [3.63, 3.8) is 0 Å². The number of hydrogen-bond acceptors (Lipinski definition) is 2. The van der Waals surface area contributed by atoms with Crippen LogP contribution in [0.3, 0.4) is 0 Å². The van der Waals surface area contributed by atoms with Crippen molar-refractivity contribution in [2.24, 2.45) is 5.92 Å². The first-order chi connectivity index (χ1) is 15.0. The van der Waals surface area contributed by atoms with Crippen molar-refractivity contribution in [1.29, 1.82) is 0 Å². The number of benzene rings is 3. The molecule has 0 aliphatic carbocycles. The zero-order chi connectivity index (χ0) is 22.1. The standard InChI is InChI=1S/C27H25NO.2CH3.ClH.Ir/c1-16(2)11-19-9-10-21-22(14-19)18(4)15-28-26(21)24-13-17(3)12-23-20-7-5-6-8-25(20)29-27(23)24;;;;/h5-10,12-16H,11H2,1-4H3;2*1H3;1H;/q;2*-1;;+3/p-1. The van der Waals surface area contributed by atoms with E-state index in [4.69, 9.17) is 9.40 Å². The van der Waals surface area contributed by atoms with Gasteiger partial charge in [0.25, 0.3) is 0 Å². The summed E-state index contributed by atoms with van der Waals surface area (Å²) in [6.45, 7) is 8.81. The van der Waals surface area contributed by atoms with Gasteiger partial charge in [0.2, 0.25) is 0 Å². The second-order valence-corrected chi connectivity index (χ2v) is 8.56. The molecule has 0 bridgehead atoms. The van der Waals surface area contributed by atoms with E-state index in [0.717, 1.165) is 39.6 Å². The Balaban J connectivity index is 0.000000939. The van der Waals surface area contributed by atoms with E-state index in [0.29, 0.717) is 5.92 Å². The maximum absolute atomic E-state index is 6.31. The number of nitrogens with zero attached hydrogens (tertiary/aromatic N) is 1. The van der Waals surface area contributed by atoms with Crippen molar-refractivity contribution < 1.29 is 22.3 Å². The van der Waals surface area contributed by atoms with Gasteiger partial charge >= 0.3 is 27.5 Å². The molecule has 0 spiro atoms. The molecule has 0 saturated heterocycles. The number of fused-ring (bicyclic) bond motifs is 4. The van der Waals surface area contributed by atoms with Gasteiger partial charge in [0.15, 0.2) is 0 Å². The summed E-state index contributed by atoms with van der Waals surface area (Å²) in [4.78, 5) is 4.87. The summed E-state index contributed by atoms with van der Waals surface area (Å²) < 4.78 is 6.31. The van der Waals surface area contributed by atoms with Crippen molar-refractivity contribution in [1.82, 2.24) is 4.98 Å². The molecular formula is C29H31ClIrNO. The molecule has 2 nitrogen and oxygen atoms in total. The van der Waals surface area contributed by atoms with Crippen molar-refractivity contribution in [2.45, 2.75) is 34.1 Å². The summed E-state index contributed by atoms with van der Waals surface area (Å²) in [6, 6.07) is 19.5. The fourth-order valence-corrected chi connectivity index (χ4v) is 4.38. The zero-order valence-corrected chi connectivity index (χ0v) is 23.3. The van der Waals surface area contributed by atoms with Gasteiger partial charge in [0.1, 0.15) is 11.2 Å². The van der Waals surface area contributed by atoms with Gasteiger partial charge in [-0.15, -0.1) is 0 Å². The summed E-state index contributed by atoms with van der Waals surface area (Å²) in [6.07, 6.45) is 3.08. The number of rotatable bonds is 3. The van der Waals surface area contributed by atoms with E-state index >= 15 is 0 Å². The predicted octanol–water partition coefficient (Wildman–Crippen LogP) is 9.20. The molecule has 2 aromatic heterocycles. The Labute approximate surface area is 212 Å². The van der Waals surface area contributed by atoms with Crippen LogP contribution in [0.25, 0.3) is 44.0 Å². The quantitative estimate of drug-likeness (QED) is 0.185. The first-order valence-corrected chi connectivity index (χ1v) is 13.4. The van der Waals surface area contributed by atoms with Crippen LogP contribution in [-0.2, 0) is 24.3 Å². The molecule has 0 aliphatic rings. The minimum atomic E-state index is 0. The number of aryl methyl sites for hydroxylation is 2. The zero-order valence-electron chi connectivity index (χ0n) is 20.1. The number of para-hydroxylation sites is 1. The summed E-state index contributed by atoms with van der Waals surface area (Å²) in [5.41, 5.74) is 7.71. The van der Waals surface area contributed by atoms with Gasteiger partial charge in [-0.05, 0) is 66.5 Å².